The van der Waals surface area contributed by atoms with Crippen LogP contribution in [0.5, 0.6) is 0 Å². The molecule has 0 aliphatic carbocycles. The van der Waals surface area contributed by atoms with E-state index in [4.69, 9.17) is 9.84 Å². The molecule has 0 bridgehead atoms. The van der Waals surface area contributed by atoms with Crippen molar-refractivity contribution >= 4 is 12.0 Å². The van der Waals surface area contributed by atoms with E-state index in [9.17, 15) is 9.59 Å². The Balaban J connectivity index is 2.20. The fraction of sp³-hybridized carbons (Fsp3) is 0.778. The molecule has 1 aliphatic heterocycles. The zero-order valence-electron chi connectivity index (χ0n) is 9.40. The molecule has 2 amide bonds. The van der Waals surface area contributed by atoms with Crippen molar-refractivity contribution in [1.29, 1.82) is 0 Å². The van der Waals surface area contributed by atoms with Gasteiger partial charge >= 0.3 is 12.0 Å². The van der Waals surface area contributed by atoms with Gasteiger partial charge in [0, 0.05) is 20.6 Å². The third-order valence-electron chi connectivity index (χ3n) is 2.20. The van der Waals surface area contributed by atoms with Crippen LogP contribution >= 0.6 is 0 Å². The van der Waals surface area contributed by atoms with Gasteiger partial charge in [0.05, 0.1) is 6.10 Å². The number of carboxylic acids is 1. The van der Waals surface area contributed by atoms with Crippen LogP contribution in [-0.2, 0) is 9.53 Å². The zero-order chi connectivity index (χ0) is 12.1. The maximum absolute atomic E-state index is 11.2. The monoisotopic (exact) mass is 231 g/mol. The summed E-state index contributed by atoms with van der Waals surface area (Å²) in [6.07, 6.45) is 0.202. The van der Waals surface area contributed by atoms with Gasteiger partial charge in [-0.3, -0.25) is 5.43 Å². The Morgan fingerprint density at radius 3 is 2.62 bits per heavy atom. The topological polar surface area (TPSA) is 90.9 Å². The van der Waals surface area contributed by atoms with Crippen LogP contribution in [0.1, 0.15) is 12.8 Å². The van der Waals surface area contributed by atoms with Crippen LogP contribution in [0.3, 0.4) is 0 Å². The molecule has 0 spiro atoms. The summed E-state index contributed by atoms with van der Waals surface area (Å²) in [7, 11) is 3.40. The van der Waals surface area contributed by atoms with Gasteiger partial charge in [-0.2, -0.15) is 0 Å². The van der Waals surface area contributed by atoms with Gasteiger partial charge in [0.25, 0.3) is 0 Å². The lowest BCUT2D eigenvalue weighted by Crippen LogP contribution is -2.45. The van der Waals surface area contributed by atoms with Crippen molar-refractivity contribution in [1.82, 2.24) is 15.8 Å². The standard InChI is InChI=1S/C9H17N3O4/c1-12(2)11-9(15)10-5-6-3-4-7(16-6)8(13)14/h6-7H,3-5H2,1-2H3,(H,13,14)(H2,10,11,15). The molecule has 7 heteroatoms. The molecule has 0 aromatic carbocycles. The van der Waals surface area contributed by atoms with E-state index in [0.717, 1.165) is 0 Å². The van der Waals surface area contributed by atoms with Crippen molar-refractivity contribution in [2.75, 3.05) is 20.6 Å². The van der Waals surface area contributed by atoms with Gasteiger partial charge in [0.2, 0.25) is 0 Å². The average molecular weight is 231 g/mol. The molecule has 0 saturated carbocycles. The smallest absolute Gasteiger partial charge is 0.332 e. The predicted octanol–water partition coefficient (Wildman–Crippen LogP) is -0.606. The number of hydrogen-bond acceptors (Lipinski definition) is 4. The Hall–Kier alpha value is -1.34. The Morgan fingerprint density at radius 2 is 2.12 bits per heavy atom. The summed E-state index contributed by atoms with van der Waals surface area (Å²) in [6, 6.07) is -0.327. The largest absolute Gasteiger partial charge is 0.479 e. The quantitative estimate of drug-likeness (QED) is 0.562. The molecule has 2 atom stereocenters. The fourth-order valence-electron chi connectivity index (χ4n) is 1.49. The first-order chi connectivity index (χ1) is 7.49. The van der Waals surface area contributed by atoms with Gasteiger partial charge < -0.3 is 15.2 Å². The minimum atomic E-state index is -0.944. The third-order valence-corrected chi connectivity index (χ3v) is 2.20. The number of carbonyl (C=O) groups is 2. The first kappa shape index (κ1) is 12.7. The van der Waals surface area contributed by atoms with E-state index in [-0.39, 0.29) is 12.1 Å². The molecule has 0 aromatic heterocycles. The molecule has 1 saturated heterocycles. The van der Waals surface area contributed by atoms with Crippen molar-refractivity contribution in [3.8, 4) is 0 Å². The molecule has 16 heavy (non-hydrogen) atoms. The number of ether oxygens (including phenoxy) is 1. The van der Waals surface area contributed by atoms with Crippen LogP contribution in [0.4, 0.5) is 4.79 Å². The van der Waals surface area contributed by atoms with Crippen LogP contribution < -0.4 is 10.7 Å². The van der Waals surface area contributed by atoms with Crippen LogP contribution in [0.25, 0.3) is 0 Å². The summed E-state index contributed by atoms with van der Waals surface area (Å²) < 4.78 is 5.22. The van der Waals surface area contributed by atoms with E-state index in [1.54, 1.807) is 14.1 Å². The lowest BCUT2D eigenvalue weighted by atomic mass is 10.2. The number of aliphatic carboxylic acids is 1. The second-order valence-electron chi connectivity index (χ2n) is 3.88. The second kappa shape index (κ2) is 5.66. The fourth-order valence-corrected chi connectivity index (χ4v) is 1.49. The Morgan fingerprint density at radius 1 is 1.44 bits per heavy atom. The summed E-state index contributed by atoms with van der Waals surface area (Å²) in [5.41, 5.74) is 2.51. The normalized spacial score (nSPS) is 24.4. The number of rotatable bonds is 4. The van der Waals surface area contributed by atoms with E-state index in [2.05, 4.69) is 10.7 Å². The van der Waals surface area contributed by atoms with Gasteiger partial charge in [-0.25, -0.2) is 14.6 Å². The van der Waals surface area contributed by atoms with Crippen molar-refractivity contribution in [2.45, 2.75) is 25.0 Å². The minimum absolute atomic E-state index is 0.214. The number of hydrogen-bond donors (Lipinski definition) is 3. The van der Waals surface area contributed by atoms with E-state index in [1.165, 1.54) is 5.01 Å². The van der Waals surface area contributed by atoms with Gasteiger partial charge in [-0.1, -0.05) is 0 Å². The van der Waals surface area contributed by atoms with Crippen molar-refractivity contribution in [2.24, 2.45) is 0 Å². The van der Waals surface area contributed by atoms with E-state index in [0.29, 0.717) is 19.4 Å². The van der Waals surface area contributed by atoms with Crippen molar-refractivity contribution in [3.63, 3.8) is 0 Å². The summed E-state index contributed by atoms with van der Waals surface area (Å²) in [5.74, 6) is -0.944. The maximum atomic E-state index is 11.2. The molecule has 1 fully saturated rings. The summed E-state index contributed by atoms with van der Waals surface area (Å²) in [4.78, 5) is 21.8. The zero-order valence-corrected chi connectivity index (χ0v) is 9.40. The number of hydrazine groups is 1. The van der Waals surface area contributed by atoms with E-state index < -0.39 is 12.1 Å². The third kappa shape index (κ3) is 4.03. The summed E-state index contributed by atoms with van der Waals surface area (Å²) >= 11 is 0. The van der Waals surface area contributed by atoms with Crippen LogP contribution in [-0.4, -0.2) is 55.0 Å². The number of carboxylic acid groups (broad SMARTS) is 1. The highest BCUT2D eigenvalue weighted by atomic mass is 16.5. The lowest BCUT2D eigenvalue weighted by Gasteiger charge is -2.15. The highest BCUT2D eigenvalue weighted by Gasteiger charge is 2.30. The van der Waals surface area contributed by atoms with Crippen molar-refractivity contribution < 1.29 is 19.4 Å². The van der Waals surface area contributed by atoms with Gasteiger partial charge in [-0.05, 0) is 12.8 Å². The Bertz CT molecular complexity index is 269. The molecular formula is C9H17N3O4. The molecule has 3 N–H and O–H groups in total. The lowest BCUT2D eigenvalue weighted by molar-refractivity contribution is -0.149. The molecular weight excluding hydrogens is 214 g/mol. The maximum Gasteiger partial charge on any atom is 0.332 e. The Labute approximate surface area is 93.7 Å². The highest BCUT2D eigenvalue weighted by Crippen LogP contribution is 2.18. The van der Waals surface area contributed by atoms with Crippen LogP contribution in [0.2, 0.25) is 0 Å². The average Bonchev–Trinajstić information content (AvgIpc) is 2.61. The van der Waals surface area contributed by atoms with Gasteiger partial charge in [0.15, 0.2) is 6.10 Å². The van der Waals surface area contributed by atoms with Crippen LogP contribution in [0, 0.1) is 0 Å². The molecule has 1 aliphatic rings. The predicted molar refractivity (Wildman–Crippen MR) is 55.8 cm³/mol. The number of urea groups is 1. The first-order valence-corrected chi connectivity index (χ1v) is 5.09. The van der Waals surface area contributed by atoms with E-state index >= 15 is 0 Å². The molecule has 92 valence electrons. The number of carbonyl (C=O) groups excluding carboxylic acids is 1. The number of nitrogens with one attached hydrogen (secondary N) is 2. The van der Waals surface area contributed by atoms with Gasteiger partial charge in [-0.15, -0.1) is 0 Å². The van der Waals surface area contributed by atoms with Gasteiger partial charge in [0.1, 0.15) is 0 Å². The molecule has 1 rings (SSSR count). The molecule has 0 aromatic rings. The highest BCUT2D eigenvalue weighted by molar-refractivity contribution is 5.73. The minimum Gasteiger partial charge on any atom is -0.479 e. The summed E-state index contributed by atoms with van der Waals surface area (Å²) in [6.45, 7) is 0.323. The van der Waals surface area contributed by atoms with Crippen LogP contribution in [0.15, 0.2) is 0 Å². The summed E-state index contributed by atoms with van der Waals surface area (Å²) in [5, 5.41) is 12.8. The second-order valence-corrected chi connectivity index (χ2v) is 3.88. The van der Waals surface area contributed by atoms with E-state index in [1.807, 2.05) is 0 Å². The molecule has 0 radical (unpaired) electrons. The van der Waals surface area contributed by atoms with Crippen molar-refractivity contribution in [3.05, 3.63) is 0 Å². The first-order valence-electron chi connectivity index (χ1n) is 5.09. The Kier molecular flexibility index (Phi) is 4.51. The number of amides is 2. The number of nitrogens with zero attached hydrogens (tertiary/aromatic N) is 1. The SMILES string of the molecule is CN(C)NC(=O)NCC1CCC(C(=O)O)O1. The molecule has 2 unspecified atom stereocenters. The molecule has 7 nitrogen and oxygen atoms in total. The molecule has 1 heterocycles.